The van der Waals surface area contributed by atoms with E-state index in [0.717, 1.165) is 16.7 Å². The third-order valence-corrected chi connectivity index (χ3v) is 7.31. The lowest BCUT2D eigenvalue weighted by atomic mass is 10.0. The monoisotopic (exact) mass is 423 g/mol. The summed E-state index contributed by atoms with van der Waals surface area (Å²) < 4.78 is 40.1. The molecule has 1 atom stereocenters. The highest BCUT2D eigenvalue weighted by Gasteiger charge is 2.33. The van der Waals surface area contributed by atoms with Crippen molar-refractivity contribution in [2.24, 2.45) is 0 Å². The van der Waals surface area contributed by atoms with Crippen LogP contribution < -0.4 is 4.74 Å². The Morgan fingerprint density at radius 2 is 1.60 bits per heavy atom. The minimum absolute atomic E-state index is 0.249. The average Bonchev–Trinajstić information content (AvgIpc) is 2.77. The zero-order valence-corrected chi connectivity index (χ0v) is 17.7. The van der Waals surface area contributed by atoms with Gasteiger partial charge < -0.3 is 9.47 Å². The predicted molar refractivity (Wildman–Crippen MR) is 116 cm³/mol. The Hall–Kier alpha value is -2.67. The van der Waals surface area contributed by atoms with Crippen molar-refractivity contribution in [1.29, 1.82) is 0 Å². The Morgan fingerprint density at radius 3 is 2.30 bits per heavy atom. The maximum atomic E-state index is 13.7. The Balaban J connectivity index is 1.74. The van der Waals surface area contributed by atoms with Gasteiger partial charge >= 0.3 is 0 Å². The molecule has 1 heterocycles. The van der Waals surface area contributed by atoms with E-state index in [9.17, 15) is 8.42 Å². The summed E-state index contributed by atoms with van der Waals surface area (Å²) in [5.41, 5.74) is 3.06. The number of nitrogens with zero attached hydrogens (tertiary/aromatic N) is 1. The number of ether oxygens (including phenoxy) is 2. The number of fused-ring (bicyclic) bond motifs is 1. The molecule has 0 radical (unpaired) electrons. The van der Waals surface area contributed by atoms with Crippen LogP contribution in [-0.4, -0.2) is 32.5 Å². The summed E-state index contributed by atoms with van der Waals surface area (Å²) >= 11 is 0. The topological polar surface area (TPSA) is 55.8 Å². The van der Waals surface area contributed by atoms with Crippen LogP contribution in [0, 0.1) is 0 Å². The van der Waals surface area contributed by atoms with Crippen LogP contribution in [0.2, 0.25) is 0 Å². The van der Waals surface area contributed by atoms with Crippen molar-refractivity contribution in [3.63, 3.8) is 0 Å². The molecule has 0 aromatic heterocycles. The molecule has 1 aliphatic heterocycles. The molecule has 0 spiro atoms. The molecular weight excluding hydrogens is 398 g/mol. The fraction of sp³-hybridized carbons (Fsp3) is 0.250. The molecule has 0 N–H and O–H groups in total. The van der Waals surface area contributed by atoms with E-state index in [1.54, 1.807) is 35.7 Å². The van der Waals surface area contributed by atoms with E-state index < -0.39 is 10.0 Å². The van der Waals surface area contributed by atoms with Crippen LogP contribution in [-0.2, 0) is 34.3 Å². The second-order valence-electron chi connectivity index (χ2n) is 7.35. The minimum Gasteiger partial charge on any atom is -0.497 e. The van der Waals surface area contributed by atoms with Crippen molar-refractivity contribution >= 4 is 10.0 Å². The van der Waals surface area contributed by atoms with E-state index in [1.165, 1.54) is 0 Å². The molecule has 3 aromatic rings. The standard InChI is InChI=1S/C24H25NO4S/c1-28-23-11-13-24(14-12-23)30(26,27)25-16-20-9-5-6-10-21(20)17-29-18-22(25)15-19-7-3-2-4-8-19/h2-14,22H,15-18H2,1H3. The van der Waals surface area contributed by atoms with E-state index in [4.69, 9.17) is 9.47 Å². The van der Waals surface area contributed by atoms with Gasteiger partial charge in [0.05, 0.1) is 31.3 Å². The van der Waals surface area contributed by atoms with Gasteiger partial charge in [-0.15, -0.1) is 0 Å². The number of sulfonamides is 1. The van der Waals surface area contributed by atoms with E-state index >= 15 is 0 Å². The van der Waals surface area contributed by atoms with E-state index in [2.05, 4.69) is 0 Å². The Bertz CT molecular complexity index is 1080. The summed E-state index contributed by atoms with van der Waals surface area (Å²) in [4.78, 5) is 0.249. The molecule has 0 fully saturated rings. The normalized spacial score (nSPS) is 17.6. The van der Waals surface area contributed by atoms with Crippen molar-refractivity contribution in [2.75, 3.05) is 13.7 Å². The van der Waals surface area contributed by atoms with Crippen LogP contribution in [0.15, 0.2) is 83.8 Å². The first-order chi connectivity index (χ1) is 14.6. The van der Waals surface area contributed by atoms with Crippen molar-refractivity contribution < 1.29 is 17.9 Å². The first kappa shape index (κ1) is 20.6. The molecule has 0 bridgehead atoms. The quantitative estimate of drug-likeness (QED) is 0.622. The maximum absolute atomic E-state index is 13.7. The third kappa shape index (κ3) is 4.41. The highest BCUT2D eigenvalue weighted by atomic mass is 32.2. The van der Waals surface area contributed by atoms with E-state index in [1.807, 2.05) is 54.6 Å². The molecule has 1 aliphatic rings. The van der Waals surface area contributed by atoms with Crippen molar-refractivity contribution in [3.05, 3.63) is 95.6 Å². The van der Waals surface area contributed by atoms with Gasteiger partial charge in [0.2, 0.25) is 10.0 Å². The van der Waals surface area contributed by atoms with Gasteiger partial charge in [0.25, 0.3) is 0 Å². The number of hydrogen-bond acceptors (Lipinski definition) is 4. The number of hydrogen-bond donors (Lipinski definition) is 0. The molecule has 30 heavy (non-hydrogen) atoms. The maximum Gasteiger partial charge on any atom is 0.243 e. The summed E-state index contributed by atoms with van der Waals surface area (Å²) in [5.74, 6) is 0.621. The fourth-order valence-corrected chi connectivity index (χ4v) is 5.34. The molecule has 0 saturated heterocycles. The van der Waals surface area contributed by atoms with Crippen LogP contribution in [0.5, 0.6) is 5.75 Å². The molecule has 156 valence electrons. The average molecular weight is 424 g/mol. The SMILES string of the molecule is COc1ccc(S(=O)(=O)N2Cc3ccccc3COCC2Cc2ccccc2)cc1. The van der Waals surface area contributed by atoms with Crippen molar-refractivity contribution in [2.45, 2.75) is 30.5 Å². The number of benzene rings is 3. The van der Waals surface area contributed by atoms with Crippen LogP contribution in [0.3, 0.4) is 0 Å². The van der Waals surface area contributed by atoms with E-state index in [-0.39, 0.29) is 10.9 Å². The molecule has 1 unspecified atom stereocenters. The second-order valence-corrected chi connectivity index (χ2v) is 9.24. The van der Waals surface area contributed by atoms with Crippen LogP contribution in [0.4, 0.5) is 0 Å². The molecule has 3 aromatic carbocycles. The van der Waals surface area contributed by atoms with Crippen molar-refractivity contribution in [3.8, 4) is 5.75 Å². The molecule has 0 saturated carbocycles. The van der Waals surface area contributed by atoms with Crippen molar-refractivity contribution in [1.82, 2.24) is 4.31 Å². The third-order valence-electron chi connectivity index (χ3n) is 5.40. The van der Waals surface area contributed by atoms with Gasteiger partial charge in [-0.05, 0) is 47.4 Å². The molecule has 5 nitrogen and oxygen atoms in total. The molecule has 4 rings (SSSR count). The largest absolute Gasteiger partial charge is 0.497 e. The minimum atomic E-state index is -3.74. The lowest BCUT2D eigenvalue weighted by Gasteiger charge is -2.33. The van der Waals surface area contributed by atoms with Gasteiger partial charge in [-0.2, -0.15) is 4.31 Å². The summed E-state index contributed by atoms with van der Waals surface area (Å²) in [5, 5.41) is 0. The summed E-state index contributed by atoms with van der Waals surface area (Å²) in [6, 6.07) is 24.0. The number of rotatable bonds is 5. The Labute approximate surface area is 177 Å². The van der Waals surface area contributed by atoms with Crippen LogP contribution in [0.25, 0.3) is 0 Å². The van der Waals surface area contributed by atoms with Crippen LogP contribution >= 0.6 is 0 Å². The zero-order valence-electron chi connectivity index (χ0n) is 16.9. The van der Waals surface area contributed by atoms with Gasteiger partial charge in [-0.25, -0.2) is 8.42 Å². The molecular formula is C24H25NO4S. The van der Waals surface area contributed by atoms with Gasteiger partial charge in [0.15, 0.2) is 0 Å². The first-order valence-electron chi connectivity index (χ1n) is 9.92. The highest BCUT2D eigenvalue weighted by molar-refractivity contribution is 7.89. The lowest BCUT2D eigenvalue weighted by molar-refractivity contribution is 0.0674. The summed E-state index contributed by atoms with van der Waals surface area (Å²) in [6.07, 6.45) is 0.582. The van der Waals surface area contributed by atoms with Gasteiger partial charge in [-0.1, -0.05) is 54.6 Å². The Morgan fingerprint density at radius 1 is 0.933 bits per heavy atom. The zero-order chi connectivity index (χ0) is 21.0. The number of methoxy groups -OCH3 is 1. The summed E-state index contributed by atoms with van der Waals surface area (Å²) in [6.45, 7) is 1.13. The van der Waals surface area contributed by atoms with Crippen LogP contribution in [0.1, 0.15) is 16.7 Å². The van der Waals surface area contributed by atoms with E-state index in [0.29, 0.717) is 31.9 Å². The van der Waals surface area contributed by atoms with Gasteiger partial charge in [0, 0.05) is 6.54 Å². The molecule has 0 aliphatic carbocycles. The first-order valence-corrected chi connectivity index (χ1v) is 11.4. The van der Waals surface area contributed by atoms with Gasteiger partial charge in [0.1, 0.15) is 5.75 Å². The molecule has 0 amide bonds. The predicted octanol–water partition coefficient (Wildman–Crippen LogP) is 4.03. The highest BCUT2D eigenvalue weighted by Crippen LogP contribution is 2.28. The lowest BCUT2D eigenvalue weighted by Crippen LogP contribution is -2.44. The second kappa shape index (κ2) is 9.00. The smallest absolute Gasteiger partial charge is 0.243 e. The molecule has 6 heteroatoms. The Kier molecular flexibility index (Phi) is 6.18. The fourth-order valence-electron chi connectivity index (χ4n) is 3.75. The van der Waals surface area contributed by atoms with Gasteiger partial charge in [-0.3, -0.25) is 0 Å². The summed E-state index contributed by atoms with van der Waals surface area (Å²) in [7, 11) is -2.18.